The number of nitrogens with zero attached hydrogens (tertiary/aromatic N) is 1. The predicted molar refractivity (Wildman–Crippen MR) is 59.0 cm³/mol. The van der Waals surface area contributed by atoms with Crippen LogP contribution in [0.3, 0.4) is 0 Å². The maximum absolute atomic E-state index is 11.5. The molecule has 0 aliphatic carbocycles. The van der Waals surface area contributed by atoms with E-state index in [0.29, 0.717) is 6.61 Å². The second-order valence-corrected chi connectivity index (χ2v) is 4.05. The monoisotopic (exact) mass is 218 g/mol. The van der Waals surface area contributed by atoms with E-state index in [1.165, 1.54) is 0 Å². The van der Waals surface area contributed by atoms with E-state index in [2.05, 4.69) is 11.9 Å². The maximum atomic E-state index is 11.5. The van der Waals surface area contributed by atoms with Gasteiger partial charge in [0.05, 0.1) is 12.7 Å². The molecule has 1 aromatic heterocycles. The first-order valence-electron chi connectivity index (χ1n) is 5.51. The van der Waals surface area contributed by atoms with Gasteiger partial charge in [0.1, 0.15) is 11.6 Å². The SMILES string of the molecule is CCC[C@@H]1Cc2[nH]c(=O)c(C#N)cc2CO1. The molecule has 84 valence electrons. The minimum atomic E-state index is -0.293. The van der Waals surface area contributed by atoms with Crippen molar-refractivity contribution in [1.29, 1.82) is 5.26 Å². The highest BCUT2D eigenvalue weighted by atomic mass is 16.5. The zero-order valence-corrected chi connectivity index (χ0v) is 9.25. The molecule has 1 atom stereocenters. The number of aromatic amines is 1. The third kappa shape index (κ3) is 2.00. The average Bonchev–Trinajstić information content (AvgIpc) is 2.28. The van der Waals surface area contributed by atoms with Crippen molar-refractivity contribution in [2.75, 3.05) is 0 Å². The predicted octanol–water partition coefficient (Wildman–Crippen LogP) is 1.49. The van der Waals surface area contributed by atoms with E-state index >= 15 is 0 Å². The van der Waals surface area contributed by atoms with Crippen LogP contribution in [0.2, 0.25) is 0 Å². The van der Waals surface area contributed by atoms with Gasteiger partial charge < -0.3 is 9.72 Å². The first kappa shape index (κ1) is 10.9. The quantitative estimate of drug-likeness (QED) is 0.817. The van der Waals surface area contributed by atoms with E-state index in [0.717, 1.165) is 30.5 Å². The maximum Gasteiger partial charge on any atom is 0.266 e. The molecule has 0 aromatic carbocycles. The Labute approximate surface area is 93.9 Å². The van der Waals surface area contributed by atoms with Crippen molar-refractivity contribution < 1.29 is 4.74 Å². The molecular weight excluding hydrogens is 204 g/mol. The van der Waals surface area contributed by atoms with Crippen LogP contribution in [0.15, 0.2) is 10.9 Å². The minimum absolute atomic E-state index is 0.163. The van der Waals surface area contributed by atoms with Crippen molar-refractivity contribution in [3.63, 3.8) is 0 Å². The van der Waals surface area contributed by atoms with E-state index in [9.17, 15) is 4.79 Å². The van der Waals surface area contributed by atoms with E-state index in [1.54, 1.807) is 6.07 Å². The van der Waals surface area contributed by atoms with Crippen LogP contribution in [0.25, 0.3) is 0 Å². The molecule has 0 saturated carbocycles. The van der Waals surface area contributed by atoms with Gasteiger partial charge in [0.2, 0.25) is 0 Å². The third-order valence-electron chi connectivity index (χ3n) is 2.85. The molecule has 0 radical (unpaired) electrons. The van der Waals surface area contributed by atoms with Crippen LogP contribution in [0.5, 0.6) is 0 Å². The Kier molecular flexibility index (Phi) is 3.07. The van der Waals surface area contributed by atoms with Gasteiger partial charge in [0.25, 0.3) is 5.56 Å². The number of H-pyrrole nitrogens is 1. The summed E-state index contributed by atoms with van der Waals surface area (Å²) in [5.41, 5.74) is 1.73. The van der Waals surface area contributed by atoms with Crippen LogP contribution in [-0.2, 0) is 17.8 Å². The Hall–Kier alpha value is -1.60. The first-order valence-corrected chi connectivity index (χ1v) is 5.51. The number of hydrogen-bond acceptors (Lipinski definition) is 3. The number of pyridine rings is 1. The van der Waals surface area contributed by atoms with Crippen LogP contribution >= 0.6 is 0 Å². The standard InChI is InChI=1S/C12H14N2O2/c1-2-3-10-5-11-9(7-16-10)4-8(6-13)12(15)14-11/h4,10H,2-3,5,7H2,1H3,(H,14,15)/t10-/m1/s1. The van der Waals surface area contributed by atoms with Crippen molar-refractivity contribution in [1.82, 2.24) is 4.98 Å². The minimum Gasteiger partial charge on any atom is -0.373 e. The molecule has 0 unspecified atom stereocenters. The van der Waals surface area contributed by atoms with Gasteiger partial charge in [-0.3, -0.25) is 4.79 Å². The zero-order chi connectivity index (χ0) is 11.5. The lowest BCUT2D eigenvalue weighted by molar-refractivity contribution is 0.0214. The Bertz CT molecular complexity index is 485. The molecule has 0 fully saturated rings. The van der Waals surface area contributed by atoms with Gasteiger partial charge in [0.15, 0.2) is 0 Å². The van der Waals surface area contributed by atoms with Crippen molar-refractivity contribution in [2.24, 2.45) is 0 Å². The normalized spacial score (nSPS) is 18.9. The molecule has 1 aliphatic heterocycles. The van der Waals surface area contributed by atoms with Gasteiger partial charge in [-0.1, -0.05) is 13.3 Å². The number of nitrogens with one attached hydrogen (secondary N) is 1. The summed E-state index contributed by atoms with van der Waals surface area (Å²) < 4.78 is 5.65. The summed E-state index contributed by atoms with van der Waals surface area (Å²) in [5, 5.41) is 8.75. The first-order chi connectivity index (χ1) is 7.74. The van der Waals surface area contributed by atoms with Gasteiger partial charge in [0, 0.05) is 12.1 Å². The average molecular weight is 218 g/mol. The summed E-state index contributed by atoms with van der Waals surface area (Å²) >= 11 is 0. The summed E-state index contributed by atoms with van der Waals surface area (Å²) in [7, 11) is 0. The van der Waals surface area contributed by atoms with Gasteiger partial charge in [-0.2, -0.15) is 5.26 Å². The number of aromatic nitrogens is 1. The fourth-order valence-electron chi connectivity index (χ4n) is 2.01. The highest BCUT2D eigenvalue weighted by molar-refractivity contribution is 5.33. The Morgan fingerprint density at radius 1 is 1.69 bits per heavy atom. The number of hydrogen-bond donors (Lipinski definition) is 1. The Balaban J connectivity index is 2.30. The smallest absolute Gasteiger partial charge is 0.266 e. The molecular formula is C12H14N2O2. The molecule has 0 saturated heterocycles. The molecule has 1 aromatic rings. The van der Waals surface area contributed by atoms with Crippen molar-refractivity contribution in [3.8, 4) is 6.07 Å². The summed E-state index contributed by atoms with van der Waals surface area (Å²) in [6.45, 7) is 2.60. The van der Waals surface area contributed by atoms with Gasteiger partial charge >= 0.3 is 0 Å². The van der Waals surface area contributed by atoms with Crippen LogP contribution in [0, 0.1) is 11.3 Å². The Morgan fingerprint density at radius 3 is 3.19 bits per heavy atom. The molecule has 4 nitrogen and oxygen atoms in total. The molecule has 0 spiro atoms. The van der Waals surface area contributed by atoms with E-state index in [4.69, 9.17) is 10.00 Å². The van der Waals surface area contributed by atoms with Gasteiger partial charge in [-0.15, -0.1) is 0 Å². The van der Waals surface area contributed by atoms with Crippen molar-refractivity contribution >= 4 is 0 Å². The third-order valence-corrected chi connectivity index (χ3v) is 2.85. The van der Waals surface area contributed by atoms with Crippen LogP contribution < -0.4 is 5.56 Å². The number of fused-ring (bicyclic) bond motifs is 1. The van der Waals surface area contributed by atoms with Gasteiger partial charge in [-0.25, -0.2) is 0 Å². The molecule has 16 heavy (non-hydrogen) atoms. The van der Waals surface area contributed by atoms with Crippen molar-refractivity contribution in [2.45, 2.75) is 38.9 Å². The molecule has 0 amide bonds. The summed E-state index contributed by atoms with van der Waals surface area (Å²) in [5.74, 6) is 0. The molecule has 4 heteroatoms. The highest BCUT2D eigenvalue weighted by Crippen LogP contribution is 2.20. The second kappa shape index (κ2) is 4.50. The molecule has 1 N–H and O–H groups in total. The van der Waals surface area contributed by atoms with E-state index in [-0.39, 0.29) is 17.2 Å². The molecule has 1 aliphatic rings. The van der Waals surface area contributed by atoms with Crippen LogP contribution in [0.4, 0.5) is 0 Å². The largest absolute Gasteiger partial charge is 0.373 e. The number of ether oxygens (including phenoxy) is 1. The van der Waals surface area contributed by atoms with E-state index < -0.39 is 0 Å². The van der Waals surface area contributed by atoms with E-state index in [1.807, 2.05) is 6.07 Å². The fraction of sp³-hybridized carbons (Fsp3) is 0.500. The second-order valence-electron chi connectivity index (χ2n) is 4.05. The summed E-state index contributed by atoms with van der Waals surface area (Å²) in [6, 6.07) is 3.52. The zero-order valence-electron chi connectivity index (χ0n) is 9.25. The lowest BCUT2D eigenvalue weighted by atomic mass is 10.0. The fourth-order valence-corrected chi connectivity index (χ4v) is 2.01. The molecule has 0 bridgehead atoms. The summed E-state index contributed by atoms with van der Waals surface area (Å²) in [4.78, 5) is 14.2. The Morgan fingerprint density at radius 2 is 2.50 bits per heavy atom. The lowest BCUT2D eigenvalue weighted by Crippen LogP contribution is -2.26. The van der Waals surface area contributed by atoms with Crippen LogP contribution in [0.1, 0.15) is 36.6 Å². The van der Waals surface area contributed by atoms with Crippen molar-refractivity contribution in [3.05, 3.63) is 33.2 Å². The highest BCUT2D eigenvalue weighted by Gasteiger charge is 2.20. The molecule has 2 heterocycles. The topological polar surface area (TPSA) is 65.9 Å². The number of nitriles is 1. The molecule has 2 rings (SSSR count). The van der Waals surface area contributed by atoms with Gasteiger partial charge in [-0.05, 0) is 18.1 Å². The number of rotatable bonds is 2. The summed E-state index contributed by atoms with van der Waals surface area (Å²) in [6.07, 6.45) is 3.01. The van der Waals surface area contributed by atoms with Crippen LogP contribution in [-0.4, -0.2) is 11.1 Å². The lowest BCUT2D eigenvalue weighted by Gasteiger charge is -2.24.